The minimum absolute atomic E-state index is 0.204. The fourth-order valence-corrected chi connectivity index (χ4v) is 1.60. The number of hydrogen-bond acceptors (Lipinski definition) is 2. The largest absolute Gasteiger partial charge is 0.379 e. The van der Waals surface area contributed by atoms with Crippen molar-refractivity contribution in [3.8, 4) is 0 Å². The maximum atomic E-state index is 12.8. The van der Waals surface area contributed by atoms with Crippen LogP contribution in [0.1, 0.15) is 15.9 Å². The molecule has 94 valence electrons. The summed E-state index contributed by atoms with van der Waals surface area (Å²) in [5, 5.41) is 3.49. The molecular formula is C12H15BrFNO2. The van der Waals surface area contributed by atoms with E-state index in [0.717, 1.165) is 5.33 Å². The highest BCUT2D eigenvalue weighted by Gasteiger charge is 2.08. The van der Waals surface area contributed by atoms with Crippen molar-refractivity contribution >= 4 is 21.8 Å². The van der Waals surface area contributed by atoms with Crippen molar-refractivity contribution in [1.82, 2.24) is 5.32 Å². The molecule has 3 nitrogen and oxygen atoms in total. The van der Waals surface area contributed by atoms with Gasteiger partial charge in [-0.25, -0.2) is 4.39 Å². The van der Waals surface area contributed by atoms with Crippen LogP contribution in [-0.4, -0.2) is 31.0 Å². The average molecular weight is 304 g/mol. The third-order valence-corrected chi connectivity index (χ3v) is 2.51. The lowest BCUT2D eigenvalue weighted by Gasteiger charge is -2.07. The second kappa shape index (κ2) is 7.40. The van der Waals surface area contributed by atoms with Crippen LogP contribution in [0, 0.1) is 12.7 Å². The Hall–Kier alpha value is -0.940. The summed E-state index contributed by atoms with van der Waals surface area (Å²) in [5.41, 5.74) is 1.12. The van der Waals surface area contributed by atoms with Crippen LogP contribution in [-0.2, 0) is 4.74 Å². The first-order chi connectivity index (χ1) is 8.15. The number of hydrogen-bond donors (Lipinski definition) is 1. The van der Waals surface area contributed by atoms with Gasteiger partial charge in [-0.15, -0.1) is 0 Å². The van der Waals surface area contributed by atoms with Crippen molar-refractivity contribution in [1.29, 1.82) is 0 Å². The van der Waals surface area contributed by atoms with Crippen molar-refractivity contribution in [2.75, 3.05) is 25.1 Å². The Kier molecular flexibility index (Phi) is 6.15. The van der Waals surface area contributed by atoms with Gasteiger partial charge in [-0.1, -0.05) is 15.9 Å². The van der Waals surface area contributed by atoms with Gasteiger partial charge in [0, 0.05) is 17.4 Å². The molecule has 0 fully saturated rings. The summed E-state index contributed by atoms with van der Waals surface area (Å²) in [6.45, 7) is 3.24. The van der Waals surface area contributed by atoms with Crippen LogP contribution < -0.4 is 5.32 Å². The summed E-state index contributed by atoms with van der Waals surface area (Å²) in [6.07, 6.45) is 0. The third kappa shape index (κ3) is 4.83. The first kappa shape index (κ1) is 14.1. The number of aryl methyl sites for hydroxylation is 1. The quantitative estimate of drug-likeness (QED) is 0.647. The highest BCUT2D eigenvalue weighted by atomic mass is 79.9. The van der Waals surface area contributed by atoms with Crippen molar-refractivity contribution in [3.63, 3.8) is 0 Å². The predicted octanol–water partition coefficient (Wildman–Crippen LogP) is 2.28. The van der Waals surface area contributed by atoms with Gasteiger partial charge in [0.15, 0.2) is 0 Å². The molecule has 1 aromatic carbocycles. The summed E-state index contributed by atoms with van der Waals surface area (Å²) < 4.78 is 18.0. The standard InChI is InChI=1S/C12H15BrFNO2/c1-9-8-10(14)2-3-11(9)12(16)15-5-7-17-6-4-13/h2-3,8H,4-7H2,1H3,(H,15,16). The minimum atomic E-state index is -0.334. The molecular weight excluding hydrogens is 289 g/mol. The van der Waals surface area contributed by atoms with Crippen LogP contribution >= 0.6 is 15.9 Å². The number of rotatable bonds is 6. The first-order valence-electron chi connectivity index (χ1n) is 5.33. The molecule has 0 aliphatic carbocycles. The van der Waals surface area contributed by atoms with Crippen molar-refractivity contribution in [3.05, 3.63) is 35.1 Å². The molecule has 1 amide bonds. The molecule has 0 aromatic heterocycles. The van der Waals surface area contributed by atoms with Gasteiger partial charge in [-0.2, -0.15) is 0 Å². The van der Waals surface area contributed by atoms with E-state index in [2.05, 4.69) is 21.2 Å². The maximum Gasteiger partial charge on any atom is 0.251 e. The smallest absolute Gasteiger partial charge is 0.251 e. The van der Waals surface area contributed by atoms with Gasteiger partial charge in [0.1, 0.15) is 5.82 Å². The molecule has 0 aliphatic rings. The number of carbonyl (C=O) groups excluding carboxylic acids is 1. The zero-order chi connectivity index (χ0) is 12.7. The zero-order valence-corrected chi connectivity index (χ0v) is 11.2. The molecule has 0 bridgehead atoms. The summed E-state index contributed by atoms with van der Waals surface area (Å²) in [6, 6.07) is 4.11. The zero-order valence-electron chi connectivity index (χ0n) is 9.63. The third-order valence-electron chi connectivity index (χ3n) is 2.19. The van der Waals surface area contributed by atoms with E-state index in [1.54, 1.807) is 6.92 Å². The molecule has 17 heavy (non-hydrogen) atoms. The van der Waals surface area contributed by atoms with Gasteiger partial charge in [0.25, 0.3) is 5.91 Å². The number of ether oxygens (including phenoxy) is 1. The van der Waals surface area contributed by atoms with Gasteiger partial charge in [0.2, 0.25) is 0 Å². The highest BCUT2D eigenvalue weighted by Crippen LogP contribution is 2.09. The molecule has 0 heterocycles. The first-order valence-corrected chi connectivity index (χ1v) is 6.45. The van der Waals surface area contributed by atoms with E-state index in [-0.39, 0.29) is 11.7 Å². The van der Waals surface area contributed by atoms with Crippen LogP contribution in [0.25, 0.3) is 0 Å². The molecule has 0 spiro atoms. The number of benzene rings is 1. The lowest BCUT2D eigenvalue weighted by Crippen LogP contribution is -2.28. The minimum Gasteiger partial charge on any atom is -0.379 e. The topological polar surface area (TPSA) is 38.3 Å². The van der Waals surface area contributed by atoms with Crippen molar-refractivity contribution < 1.29 is 13.9 Å². The van der Waals surface area contributed by atoms with Crippen LogP contribution in [0.3, 0.4) is 0 Å². The van der Waals surface area contributed by atoms with E-state index in [1.807, 2.05) is 0 Å². The fourth-order valence-electron chi connectivity index (χ4n) is 1.37. The van der Waals surface area contributed by atoms with E-state index < -0.39 is 0 Å². The molecule has 0 atom stereocenters. The van der Waals surface area contributed by atoms with Crippen LogP contribution in [0.2, 0.25) is 0 Å². The molecule has 0 saturated heterocycles. The van der Waals surface area contributed by atoms with E-state index in [0.29, 0.717) is 30.9 Å². The number of nitrogens with one attached hydrogen (secondary N) is 1. The monoisotopic (exact) mass is 303 g/mol. The second-order valence-electron chi connectivity index (χ2n) is 3.52. The fraction of sp³-hybridized carbons (Fsp3) is 0.417. The predicted molar refractivity (Wildman–Crippen MR) is 68.1 cm³/mol. The Balaban J connectivity index is 2.42. The second-order valence-corrected chi connectivity index (χ2v) is 4.31. The Bertz CT molecular complexity index is 385. The summed E-state index contributed by atoms with van der Waals surface area (Å²) in [7, 11) is 0. The Labute approximate surface area is 108 Å². The van der Waals surface area contributed by atoms with E-state index >= 15 is 0 Å². The number of amides is 1. The van der Waals surface area contributed by atoms with Crippen molar-refractivity contribution in [2.24, 2.45) is 0 Å². The lowest BCUT2D eigenvalue weighted by atomic mass is 10.1. The van der Waals surface area contributed by atoms with Gasteiger partial charge in [-0.3, -0.25) is 4.79 Å². The molecule has 5 heteroatoms. The molecule has 0 unspecified atom stereocenters. The molecule has 0 radical (unpaired) electrons. The normalized spacial score (nSPS) is 10.3. The van der Waals surface area contributed by atoms with Crippen LogP contribution in [0.4, 0.5) is 4.39 Å². The van der Waals surface area contributed by atoms with Crippen LogP contribution in [0.5, 0.6) is 0 Å². The summed E-state index contributed by atoms with van der Waals surface area (Å²) >= 11 is 3.24. The maximum absolute atomic E-state index is 12.8. The lowest BCUT2D eigenvalue weighted by molar-refractivity contribution is 0.0923. The van der Waals surface area contributed by atoms with Gasteiger partial charge in [-0.05, 0) is 30.7 Å². The van der Waals surface area contributed by atoms with E-state index in [1.165, 1.54) is 18.2 Å². The summed E-state index contributed by atoms with van der Waals surface area (Å²) in [4.78, 5) is 11.7. The Morgan fingerprint density at radius 3 is 2.88 bits per heavy atom. The van der Waals surface area contributed by atoms with E-state index in [9.17, 15) is 9.18 Å². The SMILES string of the molecule is Cc1cc(F)ccc1C(=O)NCCOCCBr. The number of halogens is 2. The van der Waals surface area contributed by atoms with Crippen LogP contribution in [0.15, 0.2) is 18.2 Å². The average Bonchev–Trinajstić information content (AvgIpc) is 2.28. The molecule has 0 saturated carbocycles. The molecule has 0 aliphatic heterocycles. The van der Waals surface area contributed by atoms with E-state index in [4.69, 9.17) is 4.74 Å². The summed E-state index contributed by atoms with van der Waals surface area (Å²) in [5.74, 6) is -0.537. The number of carbonyl (C=O) groups is 1. The van der Waals surface area contributed by atoms with Gasteiger partial charge < -0.3 is 10.1 Å². The van der Waals surface area contributed by atoms with Gasteiger partial charge in [0.05, 0.1) is 13.2 Å². The van der Waals surface area contributed by atoms with Crippen molar-refractivity contribution in [2.45, 2.75) is 6.92 Å². The molecule has 1 aromatic rings. The van der Waals surface area contributed by atoms with Gasteiger partial charge >= 0.3 is 0 Å². The Morgan fingerprint density at radius 1 is 1.47 bits per heavy atom. The molecule has 1 N–H and O–H groups in total. The number of alkyl halides is 1. The molecule has 1 rings (SSSR count). The highest BCUT2D eigenvalue weighted by molar-refractivity contribution is 9.09. The Morgan fingerprint density at radius 2 is 2.24 bits per heavy atom.